The van der Waals surface area contributed by atoms with Crippen molar-refractivity contribution >= 4 is 0 Å². The molecule has 1 atom stereocenters. The van der Waals surface area contributed by atoms with Crippen LogP contribution in [-0.4, -0.2) is 13.1 Å². The quantitative estimate of drug-likeness (QED) is 0.709. The molecule has 1 aliphatic heterocycles. The van der Waals surface area contributed by atoms with Crippen LogP contribution in [0, 0.1) is 16.7 Å². The van der Waals surface area contributed by atoms with Crippen LogP contribution < -0.4 is 5.32 Å². The average molecular weight is 183 g/mol. The Labute approximate surface area is 83.3 Å². The molecule has 0 saturated carbocycles. The highest BCUT2D eigenvalue weighted by molar-refractivity contribution is 4.90. The van der Waals surface area contributed by atoms with Gasteiger partial charge in [0, 0.05) is 6.54 Å². The van der Waals surface area contributed by atoms with E-state index in [0.717, 1.165) is 5.92 Å². The first-order valence-electron chi connectivity index (χ1n) is 5.58. The van der Waals surface area contributed by atoms with Crippen molar-refractivity contribution in [3.05, 3.63) is 0 Å². The van der Waals surface area contributed by atoms with Crippen molar-refractivity contribution in [1.29, 1.82) is 0 Å². The monoisotopic (exact) mass is 183 g/mol. The molecule has 0 bridgehead atoms. The van der Waals surface area contributed by atoms with E-state index in [0.29, 0.717) is 10.8 Å². The zero-order valence-corrected chi connectivity index (χ0v) is 9.91. The fraction of sp³-hybridized carbons (Fsp3) is 1.00. The van der Waals surface area contributed by atoms with Crippen molar-refractivity contribution in [2.24, 2.45) is 16.7 Å². The highest BCUT2D eigenvalue weighted by Gasteiger charge is 2.37. The smallest absolute Gasteiger partial charge is 0.000577 e. The minimum atomic E-state index is 0.506. The van der Waals surface area contributed by atoms with Gasteiger partial charge in [-0.05, 0) is 29.7 Å². The zero-order chi connectivity index (χ0) is 10.1. The average Bonchev–Trinajstić information content (AvgIpc) is 2.31. The lowest BCUT2D eigenvalue weighted by atomic mass is 9.72. The minimum Gasteiger partial charge on any atom is -0.316 e. The molecule has 1 fully saturated rings. The maximum atomic E-state index is 3.51. The van der Waals surface area contributed by atoms with Gasteiger partial charge in [0.05, 0.1) is 0 Å². The molecule has 1 heterocycles. The Hall–Kier alpha value is -0.0400. The summed E-state index contributed by atoms with van der Waals surface area (Å²) < 4.78 is 0. The van der Waals surface area contributed by atoms with Gasteiger partial charge in [-0.2, -0.15) is 0 Å². The van der Waals surface area contributed by atoms with Crippen LogP contribution in [0.5, 0.6) is 0 Å². The van der Waals surface area contributed by atoms with Crippen molar-refractivity contribution in [1.82, 2.24) is 5.32 Å². The van der Waals surface area contributed by atoms with E-state index in [9.17, 15) is 0 Å². The number of hydrogen-bond acceptors (Lipinski definition) is 1. The molecule has 78 valence electrons. The molecule has 1 nitrogen and oxygen atoms in total. The molecule has 0 aromatic carbocycles. The fourth-order valence-corrected chi connectivity index (χ4v) is 2.15. The summed E-state index contributed by atoms with van der Waals surface area (Å²) in [6, 6.07) is 0. The normalized spacial score (nSPS) is 27.9. The standard InChI is InChI=1S/C12H25N/c1-6-11(2,3)7-10-8-13-9-12(10,4)5/h10,13H,6-9H2,1-5H3. The van der Waals surface area contributed by atoms with E-state index in [1.807, 2.05) is 0 Å². The predicted molar refractivity (Wildman–Crippen MR) is 58.8 cm³/mol. The van der Waals surface area contributed by atoms with Crippen molar-refractivity contribution in [2.75, 3.05) is 13.1 Å². The second-order valence-electron chi connectivity index (χ2n) is 6.04. The summed E-state index contributed by atoms with van der Waals surface area (Å²) in [6.07, 6.45) is 2.66. The minimum absolute atomic E-state index is 0.506. The molecule has 0 aliphatic carbocycles. The van der Waals surface area contributed by atoms with E-state index < -0.39 is 0 Å². The summed E-state index contributed by atoms with van der Waals surface area (Å²) in [4.78, 5) is 0. The highest BCUT2D eigenvalue weighted by Crippen LogP contribution is 2.39. The third-order valence-corrected chi connectivity index (χ3v) is 3.83. The van der Waals surface area contributed by atoms with Crippen LogP contribution in [0.15, 0.2) is 0 Å². The SMILES string of the molecule is CCC(C)(C)CC1CNCC1(C)C. The largest absolute Gasteiger partial charge is 0.316 e. The summed E-state index contributed by atoms with van der Waals surface area (Å²) in [5.41, 5.74) is 1.03. The molecule has 0 spiro atoms. The van der Waals surface area contributed by atoms with Gasteiger partial charge in [0.25, 0.3) is 0 Å². The Balaban J connectivity index is 2.54. The molecule has 1 unspecified atom stereocenters. The molecule has 13 heavy (non-hydrogen) atoms. The van der Waals surface area contributed by atoms with Crippen LogP contribution in [0.25, 0.3) is 0 Å². The van der Waals surface area contributed by atoms with Crippen molar-refractivity contribution in [2.45, 2.75) is 47.5 Å². The van der Waals surface area contributed by atoms with Crippen LogP contribution >= 0.6 is 0 Å². The maximum absolute atomic E-state index is 3.51. The first-order valence-corrected chi connectivity index (χ1v) is 5.58. The van der Waals surface area contributed by atoms with Gasteiger partial charge in [-0.15, -0.1) is 0 Å². The first kappa shape index (κ1) is 11.0. The van der Waals surface area contributed by atoms with Crippen LogP contribution in [0.2, 0.25) is 0 Å². The Morgan fingerprint density at radius 3 is 2.38 bits per heavy atom. The van der Waals surface area contributed by atoms with E-state index in [2.05, 4.69) is 39.9 Å². The van der Waals surface area contributed by atoms with Crippen molar-refractivity contribution in [3.63, 3.8) is 0 Å². The van der Waals surface area contributed by atoms with E-state index >= 15 is 0 Å². The second-order valence-corrected chi connectivity index (χ2v) is 6.04. The first-order chi connectivity index (χ1) is 5.87. The van der Waals surface area contributed by atoms with E-state index in [-0.39, 0.29) is 0 Å². The van der Waals surface area contributed by atoms with Gasteiger partial charge in [-0.1, -0.05) is 41.0 Å². The Kier molecular flexibility index (Phi) is 3.06. The van der Waals surface area contributed by atoms with Gasteiger partial charge in [0.1, 0.15) is 0 Å². The van der Waals surface area contributed by atoms with E-state index in [1.165, 1.54) is 25.9 Å². The van der Waals surface area contributed by atoms with Crippen LogP contribution in [0.1, 0.15) is 47.5 Å². The number of hydrogen-bond donors (Lipinski definition) is 1. The molecular formula is C12H25N. The van der Waals surface area contributed by atoms with Crippen molar-refractivity contribution in [3.8, 4) is 0 Å². The zero-order valence-electron chi connectivity index (χ0n) is 9.91. The van der Waals surface area contributed by atoms with Crippen LogP contribution in [0.3, 0.4) is 0 Å². The van der Waals surface area contributed by atoms with Gasteiger partial charge in [0.2, 0.25) is 0 Å². The summed E-state index contributed by atoms with van der Waals surface area (Å²) >= 11 is 0. The molecular weight excluding hydrogens is 158 g/mol. The van der Waals surface area contributed by atoms with Gasteiger partial charge in [-0.3, -0.25) is 0 Å². The molecule has 1 rings (SSSR count). The lowest BCUT2D eigenvalue weighted by molar-refractivity contribution is 0.183. The summed E-state index contributed by atoms with van der Waals surface area (Å²) in [5.74, 6) is 0.863. The van der Waals surface area contributed by atoms with Crippen molar-refractivity contribution < 1.29 is 0 Å². The highest BCUT2D eigenvalue weighted by atomic mass is 14.9. The lowest BCUT2D eigenvalue weighted by Gasteiger charge is -2.33. The predicted octanol–water partition coefficient (Wildman–Crippen LogP) is 3.06. The van der Waals surface area contributed by atoms with Crippen LogP contribution in [0.4, 0.5) is 0 Å². The van der Waals surface area contributed by atoms with E-state index in [4.69, 9.17) is 0 Å². The topological polar surface area (TPSA) is 12.0 Å². The molecule has 0 aromatic heterocycles. The van der Waals surface area contributed by atoms with Gasteiger partial charge in [0.15, 0.2) is 0 Å². The molecule has 0 amide bonds. The molecule has 1 heteroatoms. The lowest BCUT2D eigenvalue weighted by Crippen LogP contribution is -2.27. The molecule has 1 aliphatic rings. The van der Waals surface area contributed by atoms with Gasteiger partial charge >= 0.3 is 0 Å². The summed E-state index contributed by atoms with van der Waals surface area (Å²) in [7, 11) is 0. The summed E-state index contributed by atoms with van der Waals surface area (Å²) in [6.45, 7) is 14.3. The fourth-order valence-electron chi connectivity index (χ4n) is 2.15. The molecule has 0 aromatic rings. The Morgan fingerprint density at radius 2 is 2.00 bits per heavy atom. The molecule has 1 saturated heterocycles. The molecule has 1 N–H and O–H groups in total. The second kappa shape index (κ2) is 3.61. The maximum Gasteiger partial charge on any atom is 0.000577 e. The van der Waals surface area contributed by atoms with Gasteiger partial charge < -0.3 is 5.32 Å². The number of rotatable bonds is 3. The third kappa shape index (κ3) is 2.70. The Morgan fingerprint density at radius 1 is 1.38 bits per heavy atom. The Bertz CT molecular complexity index is 170. The number of nitrogens with one attached hydrogen (secondary N) is 1. The van der Waals surface area contributed by atoms with Crippen LogP contribution in [-0.2, 0) is 0 Å². The summed E-state index contributed by atoms with van der Waals surface area (Å²) in [5, 5.41) is 3.51. The van der Waals surface area contributed by atoms with E-state index in [1.54, 1.807) is 0 Å². The third-order valence-electron chi connectivity index (χ3n) is 3.83. The van der Waals surface area contributed by atoms with Gasteiger partial charge in [-0.25, -0.2) is 0 Å². The molecule has 0 radical (unpaired) electrons.